The van der Waals surface area contributed by atoms with Crippen molar-refractivity contribution in [2.45, 2.75) is 11.3 Å². The quantitative estimate of drug-likeness (QED) is 0.649. The van der Waals surface area contributed by atoms with Crippen molar-refractivity contribution in [3.05, 3.63) is 60.2 Å². The van der Waals surface area contributed by atoms with Gasteiger partial charge in [-0.25, -0.2) is 17.2 Å². The maximum Gasteiger partial charge on any atom is 0.246 e. The van der Waals surface area contributed by atoms with E-state index >= 15 is 0 Å². The second-order valence-corrected chi connectivity index (χ2v) is 8.95. The van der Waals surface area contributed by atoms with Crippen molar-refractivity contribution in [1.29, 1.82) is 5.26 Å². The van der Waals surface area contributed by atoms with Crippen LogP contribution in [0.5, 0.6) is 0 Å². The largest absolute Gasteiger partial charge is 0.310 e. The Kier molecular flexibility index (Phi) is 7.33. The predicted octanol–water partition coefficient (Wildman–Crippen LogP) is 2.22. The number of nitrogens with zero attached hydrogens (tertiary/aromatic N) is 4. The molecule has 1 fully saturated rings. The van der Waals surface area contributed by atoms with E-state index in [0.29, 0.717) is 11.8 Å². The van der Waals surface area contributed by atoms with Crippen LogP contribution in [-0.2, 0) is 14.8 Å². The van der Waals surface area contributed by atoms with Gasteiger partial charge in [-0.2, -0.15) is 9.57 Å². The standard InChI is InChI=1S/C21H22F2N4O3S/c22-17-7-8-20(19(23)15-17)31(29,30)26-13-11-25(12-14-26)16-21(28)27(10-4-9-24)18-5-2-1-3-6-18/h1-3,5-8,15H,4,10-14,16H2. The highest BCUT2D eigenvalue weighted by molar-refractivity contribution is 7.89. The van der Waals surface area contributed by atoms with Crippen LogP contribution < -0.4 is 4.90 Å². The Morgan fingerprint density at radius 3 is 2.35 bits per heavy atom. The van der Waals surface area contributed by atoms with Crippen LogP contribution in [0.15, 0.2) is 53.4 Å². The molecule has 0 N–H and O–H groups in total. The smallest absolute Gasteiger partial charge is 0.246 e. The van der Waals surface area contributed by atoms with E-state index < -0.39 is 26.6 Å². The molecule has 0 saturated carbocycles. The van der Waals surface area contributed by atoms with Crippen LogP contribution >= 0.6 is 0 Å². The van der Waals surface area contributed by atoms with Crippen molar-refractivity contribution in [2.24, 2.45) is 0 Å². The van der Waals surface area contributed by atoms with E-state index in [1.54, 1.807) is 29.2 Å². The van der Waals surface area contributed by atoms with E-state index in [-0.39, 0.29) is 51.6 Å². The van der Waals surface area contributed by atoms with Crippen LogP contribution in [0, 0.1) is 23.0 Å². The Morgan fingerprint density at radius 1 is 1.06 bits per heavy atom. The molecule has 3 rings (SSSR count). The van der Waals surface area contributed by atoms with Crippen molar-refractivity contribution < 1.29 is 22.0 Å². The number of para-hydroxylation sites is 1. The highest BCUT2D eigenvalue weighted by atomic mass is 32.2. The number of rotatable bonds is 7. The van der Waals surface area contributed by atoms with Crippen LogP contribution in [-0.4, -0.2) is 62.8 Å². The SMILES string of the molecule is N#CCCN(C(=O)CN1CCN(S(=O)(=O)c2ccc(F)cc2F)CC1)c1ccccc1. The molecule has 0 atom stereocenters. The Hall–Kier alpha value is -2.87. The minimum Gasteiger partial charge on any atom is -0.310 e. The summed E-state index contributed by atoms with van der Waals surface area (Å²) in [5.41, 5.74) is 0.691. The normalized spacial score (nSPS) is 15.4. The summed E-state index contributed by atoms with van der Waals surface area (Å²) in [7, 11) is -4.10. The monoisotopic (exact) mass is 448 g/mol. The first-order chi connectivity index (χ1) is 14.8. The summed E-state index contributed by atoms with van der Waals surface area (Å²) in [6, 6.07) is 13.4. The third kappa shape index (κ3) is 5.44. The maximum atomic E-state index is 14.0. The van der Waals surface area contributed by atoms with Crippen LogP contribution in [0.4, 0.5) is 14.5 Å². The summed E-state index contributed by atoms with van der Waals surface area (Å²) < 4.78 is 53.6. The van der Waals surface area contributed by atoms with E-state index in [4.69, 9.17) is 5.26 Å². The molecule has 1 saturated heterocycles. The summed E-state index contributed by atoms with van der Waals surface area (Å²) in [5, 5.41) is 8.89. The highest BCUT2D eigenvalue weighted by Crippen LogP contribution is 2.22. The molecule has 2 aromatic carbocycles. The van der Waals surface area contributed by atoms with Gasteiger partial charge in [-0.1, -0.05) is 18.2 Å². The first-order valence-corrected chi connectivity index (χ1v) is 11.2. The number of amides is 1. The van der Waals surface area contributed by atoms with E-state index in [2.05, 4.69) is 0 Å². The lowest BCUT2D eigenvalue weighted by Crippen LogP contribution is -2.51. The van der Waals surface area contributed by atoms with E-state index in [1.165, 1.54) is 0 Å². The van der Waals surface area contributed by atoms with Gasteiger partial charge in [0.15, 0.2) is 0 Å². The molecular formula is C21H22F2N4O3S. The molecule has 1 heterocycles. The summed E-state index contributed by atoms with van der Waals surface area (Å²) in [4.78, 5) is 15.6. The number of benzene rings is 2. The molecule has 164 valence electrons. The summed E-state index contributed by atoms with van der Waals surface area (Å²) >= 11 is 0. The topological polar surface area (TPSA) is 84.7 Å². The van der Waals surface area contributed by atoms with Crippen LogP contribution in [0.25, 0.3) is 0 Å². The lowest BCUT2D eigenvalue weighted by atomic mass is 10.2. The third-order valence-electron chi connectivity index (χ3n) is 5.02. The van der Waals surface area contributed by atoms with Crippen molar-refractivity contribution in [3.63, 3.8) is 0 Å². The minimum absolute atomic E-state index is 0.0686. The number of hydrogen-bond donors (Lipinski definition) is 0. The zero-order chi connectivity index (χ0) is 22.4. The average Bonchev–Trinajstić information content (AvgIpc) is 2.75. The summed E-state index contributed by atoms with van der Waals surface area (Å²) in [6.07, 6.45) is 0.190. The summed E-state index contributed by atoms with van der Waals surface area (Å²) in [5.74, 6) is -2.17. The van der Waals surface area contributed by atoms with Crippen LogP contribution in [0.3, 0.4) is 0 Å². The summed E-state index contributed by atoms with van der Waals surface area (Å²) in [6.45, 7) is 1.06. The van der Waals surface area contributed by atoms with Crippen molar-refractivity contribution in [1.82, 2.24) is 9.21 Å². The molecule has 1 aliphatic heterocycles. The Labute approximate surface area is 180 Å². The fourth-order valence-corrected chi connectivity index (χ4v) is 4.86. The molecule has 0 aromatic heterocycles. The molecule has 2 aromatic rings. The van der Waals surface area contributed by atoms with Crippen LogP contribution in [0.2, 0.25) is 0 Å². The first kappa shape index (κ1) is 22.8. The fraction of sp³-hybridized carbons (Fsp3) is 0.333. The zero-order valence-electron chi connectivity index (χ0n) is 16.7. The number of hydrogen-bond acceptors (Lipinski definition) is 5. The van der Waals surface area contributed by atoms with Gasteiger partial charge in [-0.3, -0.25) is 9.69 Å². The number of nitriles is 1. The van der Waals surface area contributed by atoms with Gasteiger partial charge >= 0.3 is 0 Å². The number of carbonyl (C=O) groups excluding carboxylic acids is 1. The van der Waals surface area contributed by atoms with Gasteiger partial charge in [0.05, 0.1) is 19.0 Å². The van der Waals surface area contributed by atoms with Gasteiger partial charge in [0.1, 0.15) is 16.5 Å². The van der Waals surface area contributed by atoms with Crippen molar-refractivity contribution in [3.8, 4) is 6.07 Å². The molecule has 10 heteroatoms. The molecule has 7 nitrogen and oxygen atoms in total. The van der Waals surface area contributed by atoms with Crippen molar-refractivity contribution in [2.75, 3.05) is 44.2 Å². The van der Waals surface area contributed by atoms with Gasteiger partial charge in [0.25, 0.3) is 0 Å². The van der Waals surface area contributed by atoms with E-state index in [0.717, 1.165) is 16.4 Å². The van der Waals surface area contributed by atoms with Gasteiger partial charge in [0, 0.05) is 44.5 Å². The second-order valence-electron chi connectivity index (χ2n) is 7.04. The highest BCUT2D eigenvalue weighted by Gasteiger charge is 2.31. The number of halogens is 2. The Balaban J connectivity index is 1.63. The van der Waals surface area contributed by atoms with Crippen LogP contribution in [0.1, 0.15) is 6.42 Å². The Morgan fingerprint density at radius 2 is 1.74 bits per heavy atom. The molecule has 1 amide bonds. The van der Waals surface area contributed by atoms with Gasteiger partial charge in [0.2, 0.25) is 15.9 Å². The maximum absolute atomic E-state index is 14.0. The lowest BCUT2D eigenvalue weighted by Gasteiger charge is -2.34. The second kappa shape index (κ2) is 9.96. The van der Waals surface area contributed by atoms with Gasteiger partial charge in [-0.15, -0.1) is 0 Å². The molecule has 0 unspecified atom stereocenters. The molecule has 1 aliphatic rings. The molecule has 0 aliphatic carbocycles. The molecule has 31 heavy (non-hydrogen) atoms. The zero-order valence-corrected chi connectivity index (χ0v) is 17.6. The number of sulfonamides is 1. The molecular weight excluding hydrogens is 426 g/mol. The number of carbonyl (C=O) groups is 1. The van der Waals surface area contributed by atoms with Gasteiger partial charge in [-0.05, 0) is 24.3 Å². The average molecular weight is 448 g/mol. The van der Waals surface area contributed by atoms with E-state index in [1.807, 2.05) is 17.0 Å². The molecule has 0 spiro atoms. The minimum atomic E-state index is -4.10. The van der Waals surface area contributed by atoms with Gasteiger partial charge < -0.3 is 4.90 Å². The van der Waals surface area contributed by atoms with Crippen molar-refractivity contribution >= 4 is 21.6 Å². The number of anilines is 1. The third-order valence-corrected chi connectivity index (χ3v) is 6.95. The van der Waals surface area contributed by atoms with E-state index in [9.17, 15) is 22.0 Å². The molecule has 0 bridgehead atoms. The number of piperazine rings is 1. The fourth-order valence-electron chi connectivity index (χ4n) is 3.40. The molecule has 0 radical (unpaired) electrons. The first-order valence-electron chi connectivity index (χ1n) is 9.73. The Bertz CT molecular complexity index is 1070. The lowest BCUT2D eigenvalue weighted by molar-refractivity contribution is -0.120. The predicted molar refractivity (Wildman–Crippen MR) is 111 cm³/mol.